The Bertz CT molecular complexity index is 1180. The SMILES string of the molecule is CCN.C[O-].Cc1ccc(NC(=O)CN)cc1C.O=C(CCC(=O)N1CCc2ccccc2C1)NC1(C(F)(F)F)CC1.[K+]. The molecule has 2 aliphatic rings. The first-order valence-electron chi connectivity index (χ1n) is 13.8. The Hall–Kier alpha value is -1.84. The molecule has 234 valence electrons. The Morgan fingerprint density at radius 1 is 0.953 bits per heavy atom. The number of anilines is 1. The van der Waals surface area contributed by atoms with Crippen LogP contribution in [0, 0.1) is 13.8 Å². The number of fused-ring (bicyclic) bond motifs is 1. The number of benzene rings is 2. The van der Waals surface area contributed by atoms with Crippen LogP contribution in [0.15, 0.2) is 42.5 Å². The van der Waals surface area contributed by atoms with Crippen molar-refractivity contribution in [2.45, 2.75) is 71.1 Å². The van der Waals surface area contributed by atoms with Gasteiger partial charge in [0.25, 0.3) is 0 Å². The minimum atomic E-state index is -4.43. The second-order valence-electron chi connectivity index (χ2n) is 9.92. The first kappa shape index (κ1) is 41.2. The average Bonchev–Trinajstić information content (AvgIpc) is 3.76. The second-order valence-corrected chi connectivity index (χ2v) is 9.92. The van der Waals surface area contributed by atoms with Crippen molar-refractivity contribution in [3.63, 3.8) is 0 Å². The fourth-order valence-corrected chi connectivity index (χ4v) is 4.05. The van der Waals surface area contributed by atoms with Crippen LogP contribution in [0.3, 0.4) is 0 Å². The van der Waals surface area contributed by atoms with Crippen LogP contribution in [0.4, 0.5) is 18.9 Å². The van der Waals surface area contributed by atoms with E-state index in [0.29, 0.717) is 13.1 Å². The maximum atomic E-state index is 12.8. The summed E-state index contributed by atoms with van der Waals surface area (Å²) in [6, 6.07) is 13.6. The number of halogens is 3. The van der Waals surface area contributed by atoms with E-state index >= 15 is 0 Å². The maximum absolute atomic E-state index is 12.8. The van der Waals surface area contributed by atoms with Crippen molar-refractivity contribution in [1.29, 1.82) is 0 Å². The number of hydrogen-bond acceptors (Lipinski definition) is 6. The Kier molecular flexibility index (Phi) is 19.4. The number of nitrogens with one attached hydrogen (secondary N) is 2. The van der Waals surface area contributed by atoms with Crippen LogP contribution >= 0.6 is 0 Å². The van der Waals surface area contributed by atoms with Crippen LogP contribution < -0.4 is 78.6 Å². The molecular formula is C30H43F3KN5O4. The molecule has 9 nitrogen and oxygen atoms in total. The summed E-state index contributed by atoms with van der Waals surface area (Å²) < 4.78 is 38.4. The molecule has 0 saturated heterocycles. The minimum Gasteiger partial charge on any atom is -0.857 e. The van der Waals surface area contributed by atoms with Crippen molar-refractivity contribution in [3.8, 4) is 0 Å². The standard InChI is InChI=1S/C17H19F3N2O2.C10H14N2O.C2H7N.CH3O.K/c18-17(19,20)16(8-9-16)21-14(23)5-6-15(24)22-10-7-12-3-1-2-4-13(12)11-22;1-7-3-4-9(5-8(7)2)12-10(13)6-11;1-2-3;1-2;/h1-4H,5-11H2,(H,21,23);3-5H,6,11H2,1-2H3,(H,12,13);2-3H2,1H3;1H3;/q;;;-1;+1. The summed E-state index contributed by atoms with van der Waals surface area (Å²) in [5.74, 6) is -1.07. The first-order chi connectivity index (χ1) is 19.9. The molecular weight excluding hydrogens is 590 g/mol. The van der Waals surface area contributed by atoms with Crippen LogP contribution in [-0.2, 0) is 27.3 Å². The van der Waals surface area contributed by atoms with Crippen molar-refractivity contribution in [2.75, 3.05) is 32.1 Å². The Balaban J connectivity index is 0.000000788. The topological polar surface area (TPSA) is 154 Å². The van der Waals surface area contributed by atoms with Gasteiger partial charge in [0.15, 0.2) is 0 Å². The average molecular weight is 634 g/mol. The zero-order valence-electron chi connectivity index (χ0n) is 25.8. The van der Waals surface area contributed by atoms with Gasteiger partial charge < -0.3 is 32.1 Å². The Morgan fingerprint density at radius 3 is 2.05 bits per heavy atom. The van der Waals surface area contributed by atoms with Crippen molar-refractivity contribution in [2.24, 2.45) is 11.5 Å². The van der Waals surface area contributed by atoms with Crippen LogP contribution in [0.2, 0.25) is 0 Å². The van der Waals surface area contributed by atoms with E-state index in [2.05, 4.69) is 5.32 Å². The number of nitrogens with two attached hydrogens (primary N) is 2. The van der Waals surface area contributed by atoms with Crippen LogP contribution in [0.1, 0.15) is 54.9 Å². The summed E-state index contributed by atoms with van der Waals surface area (Å²) in [6.45, 7) is 7.78. The predicted octanol–water partition coefficient (Wildman–Crippen LogP) is -0.291. The van der Waals surface area contributed by atoms with Gasteiger partial charge in [-0.3, -0.25) is 14.4 Å². The largest absolute Gasteiger partial charge is 1.00 e. The number of amides is 3. The van der Waals surface area contributed by atoms with Gasteiger partial charge in [0.05, 0.1) is 6.54 Å². The molecule has 0 bridgehead atoms. The number of nitrogens with zero attached hydrogens (tertiary/aromatic N) is 1. The van der Waals surface area contributed by atoms with Gasteiger partial charge in [-0.1, -0.05) is 37.3 Å². The number of alkyl halides is 3. The van der Waals surface area contributed by atoms with Crippen molar-refractivity contribution in [3.05, 3.63) is 64.7 Å². The predicted molar refractivity (Wildman–Crippen MR) is 155 cm³/mol. The molecule has 6 N–H and O–H groups in total. The molecule has 1 aliphatic carbocycles. The van der Waals surface area contributed by atoms with E-state index in [1.54, 1.807) is 4.90 Å². The van der Waals surface area contributed by atoms with Gasteiger partial charge in [-0.25, -0.2) is 0 Å². The summed E-state index contributed by atoms with van der Waals surface area (Å²) in [4.78, 5) is 36.6. The molecule has 1 aliphatic heterocycles. The molecule has 0 radical (unpaired) electrons. The van der Waals surface area contributed by atoms with E-state index in [4.69, 9.17) is 16.6 Å². The molecule has 1 saturated carbocycles. The number of hydrogen-bond donors (Lipinski definition) is 4. The van der Waals surface area contributed by atoms with Crippen LogP contribution in [0.5, 0.6) is 0 Å². The quantitative estimate of drug-likeness (QED) is 0.321. The molecule has 1 heterocycles. The Morgan fingerprint density at radius 2 is 1.53 bits per heavy atom. The van der Waals surface area contributed by atoms with Crippen LogP contribution in [-0.4, -0.2) is 61.1 Å². The minimum absolute atomic E-state index is 0. The van der Waals surface area contributed by atoms with E-state index in [-0.39, 0.29) is 95.4 Å². The van der Waals surface area contributed by atoms with E-state index in [1.807, 2.05) is 68.6 Å². The summed E-state index contributed by atoms with van der Waals surface area (Å²) in [6.07, 6.45) is -4.12. The van der Waals surface area contributed by atoms with Crippen molar-refractivity contribution in [1.82, 2.24) is 10.2 Å². The van der Waals surface area contributed by atoms with E-state index in [9.17, 15) is 27.6 Å². The van der Waals surface area contributed by atoms with Gasteiger partial charge in [-0.15, -0.1) is 0 Å². The molecule has 2 aromatic rings. The van der Waals surface area contributed by atoms with Gasteiger partial charge in [0, 0.05) is 31.6 Å². The molecule has 0 aromatic heterocycles. The summed E-state index contributed by atoms with van der Waals surface area (Å²) >= 11 is 0. The first-order valence-corrected chi connectivity index (χ1v) is 13.8. The van der Waals surface area contributed by atoms with Crippen LogP contribution in [0.25, 0.3) is 0 Å². The normalized spacial score (nSPS) is 14.0. The summed E-state index contributed by atoms with van der Waals surface area (Å²) in [5.41, 5.74) is 13.4. The molecule has 3 amide bonds. The summed E-state index contributed by atoms with van der Waals surface area (Å²) in [5, 5.41) is 13.0. The summed E-state index contributed by atoms with van der Waals surface area (Å²) in [7, 11) is 0.750. The third-order valence-electron chi connectivity index (χ3n) is 6.70. The third kappa shape index (κ3) is 13.8. The molecule has 4 rings (SSSR count). The molecule has 0 spiro atoms. The smallest absolute Gasteiger partial charge is 0.857 e. The maximum Gasteiger partial charge on any atom is 1.00 e. The number of carbonyl (C=O) groups excluding carboxylic acids is 3. The van der Waals surface area contributed by atoms with Gasteiger partial charge in [-0.2, -0.15) is 20.3 Å². The van der Waals surface area contributed by atoms with Crippen molar-refractivity contribution >= 4 is 23.4 Å². The van der Waals surface area contributed by atoms with Gasteiger partial charge in [0.2, 0.25) is 17.7 Å². The fraction of sp³-hybridized carbons (Fsp3) is 0.500. The van der Waals surface area contributed by atoms with Gasteiger partial charge >= 0.3 is 57.6 Å². The number of carbonyl (C=O) groups is 3. The number of rotatable bonds is 6. The third-order valence-corrected chi connectivity index (χ3v) is 6.70. The van der Waals surface area contributed by atoms with Gasteiger partial charge in [-0.05, 0) is 74.0 Å². The molecule has 2 aromatic carbocycles. The van der Waals surface area contributed by atoms with Gasteiger partial charge in [0.1, 0.15) is 5.54 Å². The molecule has 1 fully saturated rings. The van der Waals surface area contributed by atoms with Crippen molar-refractivity contribution < 1.29 is 84.0 Å². The van der Waals surface area contributed by atoms with E-state index < -0.39 is 17.6 Å². The fourth-order valence-electron chi connectivity index (χ4n) is 4.05. The molecule has 0 atom stereocenters. The van der Waals surface area contributed by atoms with E-state index in [1.165, 1.54) is 11.1 Å². The second kappa shape index (κ2) is 20.2. The monoisotopic (exact) mass is 633 g/mol. The molecule has 43 heavy (non-hydrogen) atoms. The number of aryl methyl sites for hydroxylation is 2. The molecule has 13 heteroatoms. The molecule has 0 unspecified atom stereocenters. The van der Waals surface area contributed by atoms with E-state index in [0.717, 1.165) is 36.9 Å². The zero-order chi connectivity index (χ0) is 31.9. The zero-order valence-corrected chi connectivity index (χ0v) is 28.9. The Labute approximate surface area is 294 Å².